The molecule has 2 aromatic rings. The van der Waals surface area contributed by atoms with Crippen LogP contribution in [0, 0.1) is 5.82 Å². The molecule has 0 bridgehead atoms. The highest BCUT2D eigenvalue weighted by molar-refractivity contribution is 8.15. The van der Waals surface area contributed by atoms with E-state index in [-0.39, 0.29) is 34.5 Å². The lowest BCUT2D eigenvalue weighted by atomic mass is 10.1. The van der Waals surface area contributed by atoms with Gasteiger partial charge in [0, 0.05) is 18.2 Å². The number of fused-ring (bicyclic) bond motifs is 1. The number of benzene rings is 2. The first-order valence-corrected chi connectivity index (χ1v) is 12.6. The molecule has 0 spiro atoms. The minimum absolute atomic E-state index is 0.0886. The summed E-state index contributed by atoms with van der Waals surface area (Å²) in [5.74, 6) is -0.280. The molecule has 2 atom stereocenters. The van der Waals surface area contributed by atoms with E-state index in [1.807, 2.05) is 35.2 Å². The Morgan fingerprint density at radius 3 is 2.47 bits per heavy atom. The SMILES string of the molecule is O=C(CCc1ccccc1)N=C1S[C@H]2CS(=O)(=O)C[C@H]2N1CCc1ccc(F)cc1. The third kappa shape index (κ3) is 5.10. The van der Waals surface area contributed by atoms with E-state index in [0.717, 1.165) is 11.1 Å². The fourth-order valence-corrected chi connectivity index (χ4v) is 7.85. The van der Waals surface area contributed by atoms with Crippen molar-refractivity contribution < 1.29 is 17.6 Å². The molecule has 1 amide bonds. The topological polar surface area (TPSA) is 66.8 Å². The zero-order chi connectivity index (χ0) is 21.1. The van der Waals surface area contributed by atoms with Gasteiger partial charge in [-0.05, 0) is 36.1 Å². The summed E-state index contributed by atoms with van der Waals surface area (Å²) in [5, 5.41) is 0.518. The van der Waals surface area contributed by atoms with Crippen molar-refractivity contribution in [3.63, 3.8) is 0 Å². The van der Waals surface area contributed by atoms with Crippen molar-refractivity contribution in [2.24, 2.45) is 4.99 Å². The Hall–Kier alpha value is -2.19. The highest BCUT2D eigenvalue weighted by Crippen LogP contribution is 2.38. The predicted molar refractivity (Wildman–Crippen MR) is 118 cm³/mol. The van der Waals surface area contributed by atoms with E-state index in [1.54, 1.807) is 12.1 Å². The lowest BCUT2D eigenvalue weighted by Gasteiger charge is -2.24. The van der Waals surface area contributed by atoms with Crippen LogP contribution in [0.4, 0.5) is 4.39 Å². The average molecular weight is 447 g/mol. The molecule has 30 heavy (non-hydrogen) atoms. The van der Waals surface area contributed by atoms with Gasteiger partial charge in [-0.1, -0.05) is 54.2 Å². The van der Waals surface area contributed by atoms with Crippen LogP contribution < -0.4 is 0 Å². The molecule has 0 radical (unpaired) electrons. The molecule has 2 aromatic carbocycles. The lowest BCUT2D eigenvalue weighted by Crippen LogP contribution is -2.39. The number of aliphatic imine (C=N–C) groups is 1. The van der Waals surface area contributed by atoms with Crippen LogP contribution in [0.3, 0.4) is 0 Å². The Kier molecular flexibility index (Phi) is 6.24. The first kappa shape index (κ1) is 21.1. The number of aryl methyl sites for hydroxylation is 1. The number of thioether (sulfide) groups is 1. The summed E-state index contributed by atoms with van der Waals surface area (Å²) in [4.78, 5) is 18.8. The number of carbonyl (C=O) groups excluding carboxylic acids is 1. The highest BCUT2D eigenvalue weighted by atomic mass is 32.2. The van der Waals surface area contributed by atoms with Gasteiger partial charge in [0.1, 0.15) is 5.82 Å². The van der Waals surface area contributed by atoms with Crippen molar-refractivity contribution in [1.29, 1.82) is 0 Å². The van der Waals surface area contributed by atoms with Crippen LogP contribution in [-0.2, 0) is 27.5 Å². The Morgan fingerprint density at radius 1 is 1.03 bits per heavy atom. The zero-order valence-electron chi connectivity index (χ0n) is 16.4. The standard InChI is InChI=1S/C22H23FN2O3S2/c23-18-9-6-17(7-10-18)12-13-25-19-14-30(27,28)15-20(19)29-22(25)24-21(26)11-8-16-4-2-1-3-5-16/h1-7,9-10,19-20H,8,11-15H2/t19-,20+/m1/s1. The van der Waals surface area contributed by atoms with Crippen LogP contribution in [-0.4, -0.2) is 53.7 Å². The maximum Gasteiger partial charge on any atom is 0.248 e. The molecule has 2 heterocycles. The number of hydrogen-bond donors (Lipinski definition) is 0. The number of amidine groups is 1. The van der Waals surface area contributed by atoms with E-state index in [1.165, 1.54) is 23.9 Å². The highest BCUT2D eigenvalue weighted by Gasteiger charge is 2.48. The van der Waals surface area contributed by atoms with Crippen molar-refractivity contribution in [1.82, 2.24) is 4.90 Å². The van der Waals surface area contributed by atoms with Crippen molar-refractivity contribution in [3.8, 4) is 0 Å². The van der Waals surface area contributed by atoms with Crippen molar-refractivity contribution in [3.05, 3.63) is 71.5 Å². The minimum Gasteiger partial charge on any atom is -0.346 e. The fraction of sp³-hybridized carbons (Fsp3) is 0.364. The van der Waals surface area contributed by atoms with Gasteiger partial charge in [0.2, 0.25) is 5.91 Å². The fourth-order valence-electron chi connectivity index (χ4n) is 3.86. The summed E-state index contributed by atoms with van der Waals surface area (Å²) in [5.41, 5.74) is 2.04. The summed E-state index contributed by atoms with van der Waals surface area (Å²) < 4.78 is 37.4. The Balaban J connectivity index is 1.46. The predicted octanol–water partition coefficient (Wildman–Crippen LogP) is 3.10. The molecule has 0 saturated carbocycles. The molecular weight excluding hydrogens is 423 g/mol. The molecule has 8 heteroatoms. The zero-order valence-corrected chi connectivity index (χ0v) is 18.0. The van der Waals surface area contributed by atoms with Crippen LogP contribution in [0.2, 0.25) is 0 Å². The van der Waals surface area contributed by atoms with Crippen LogP contribution >= 0.6 is 11.8 Å². The summed E-state index contributed by atoms with van der Waals surface area (Å²) in [6.45, 7) is 0.542. The van der Waals surface area contributed by atoms with Crippen LogP contribution in [0.1, 0.15) is 17.5 Å². The van der Waals surface area contributed by atoms with Gasteiger partial charge in [-0.2, -0.15) is 4.99 Å². The van der Waals surface area contributed by atoms with Crippen molar-refractivity contribution in [2.75, 3.05) is 18.1 Å². The first-order chi connectivity index (χ1) is 14.4. The van der Waals surface area contributed by atoms with Crippen LogP contribution in [0.25, 0.3) is 0 Å². The van der Waals surface area contributed by atoms with Gasteiger partial charge in [-0.15, -0.1) is 0 Å². The third-order valence-electron chi connectivity index (χ3n) is 5.42. The van der Waals surface area contributed by atoms with E-state index >= 15 is 0 Å². The first-order valence-electron chi connectivity index (χ1n) is 9.93. The second-order valence-corrected chi connectivity index (χ2v) is 11.0. The number of hydrogen-bond acceptors (Lipinski definition) is 4. The maximum absolute atomic E-state index is 13.2. The molecule has 0 aromatic heterocycles. The summed E-state index contributed by atoms with van der Waals surface area (Å²) in [7, 11) is -3.08. The number of carbonyl (C=O) groups is 1. The second kappa shape index (κ2) is 8.89. The largest absolute Gasteiger partial charge is 0.346 e. The number of rotatable bonds is 6. The second-order valence-electron chi connectivity index (χ2n) is 7.64. The number of nitrogens with zero attached hydrogens (tertiary/aromatic N) is 2. The number of sulfone groups is 1. The van der Waals surface area contributed by atoms with E-state index in [0.29, 0.717) is 31.0 Å². The Labute approximate surface area is 180 Å². The quantitative estimate of drug-likeness (QED) is 0.682. The molecule has 158 valence electrons. The van der Waals surface area contributed by atoms with Gasteiger partial charge in [-0.25, -0.2) is 12.8 Å². The molecular formula is C22H23FN2O3S2. The molecule has 2 fully saturated rings. The monoisotopic (exact) mass is 446 g/mol. The average Bonchev–Trinajstić information content (AvgIpc) is 3.18. The molecule has 4 rings (SSSR count). The summed E-state index contributed by atoms with van der Waals surface area (Å²) >= 11 is 1.40. The molecule has 0 unspecified atom stereocenters. The van der Waals surface area contributed by atoms with Gasteiger partial charge < -0.3 is 4.90 Å². The number of amides is 1. The molecule has 5 nitrogen and oxygen atoms in total. The van der Waals surface area contributed by atoms with E-state index in [9.17, 15) is 17.6 Å². The molecule has 0 aliphatic carbocycles. The molecule has 2 saturated heterocycles. The van der Waals surface area contributed by atoms with E-state index in [4.69, 9.17) is 0 Å². The normalized spacial score (nSPS) is 23.6. The summed E-state index contributed by atoms with van der Waals surface area (Å²) in [6, 6.07) is 15.9. The van der Waals surface area contributed by atoms with Crippen molar-refractivity contribution >= 4 is 32.7 Å². The minimum atomic E-state index is -3.08. The smallest absolute Gasteiger partial charge is 0.248 e. The lowest BCUT2D eigenvalue weighted by molar-refractivity contribution is -0.117. The van der Waals surface area contributed by atoms with Crippen LogP contribution in [0.15, 0.2) is 59.6 Å². The molecule has 2 aliphatic heterocycles. The van der Waals surface area contributed by atoms with Gasteiger partial charge >= 0.3 is 0 Å². The van der Waals surface area contributed by atoms with Gasteiger partial charge in [0.15, 0.2) is 15.0 Å². The van der Waals surface area contributed by atoms with Crippen LogP contribution in [0.5, 0.6) is 0 Å². The van der Waals surface area contributed by atoms with Gasteiger partial charge in [-0.3, -0.25) is 4.79 Å². The third-order valence-corrected chi connectivity index (χ3v) is 8.67. The van der Waals surface area contributed by atoms with Gasteiger partial charge in [0.25, 0.3) is 0 Å². The van der Waals surface area contributed by atoms with Crippen molar-refractivity contribution in [2.45, 2.75) is 30.6 Å². The Bertz CT molecular complexity index is 1040. The van der Waals surface area contributed by atoms with E-state index < -0.39 is 9.84 Å². The van der Waals surface area contributed by atoms with Gasteiger partial charge in [0.05, 0.1) is 17.5 Å². The molecule has 2 aliphatic rings. The summed E-state index contributed by atoms with van der Waals surface area (Å²) in [6.07, 6.45) is 1.56. The number of halogens is 1. The molecule has 0 N–H and O–H groups in total. The maximum atomic E-state index is 13.2. The van der Waals surface area contributed by atoms with E-state index in [2.05, 4.69) is 4.99 Å². The Morgan fingerprint density at radius 2 is 1.73 bits per heavy atom.